The molecule has 5 heteroatoms. The van der Waals surface area contributed by atoms with Crippen molar-refractivity contribution in [3.8, 4) is 0 Å². The molecular weight excluding hydrogens is 244 g/mol. The van der Waals surface area contributed by atoms with Gasteiger partial charge in [0.05, 0.1) is 25.0 Å². The Bertz CT molecular complexity index is 413. The molecule has 0 radical (unpaired) electrons. The second kappa shape index (κ2) is 6.63. The van der Waals surface area contributed by atoms with Gasteiger partial charge in [-0.3, -0.25) is 4.98 Å². The lowest BCUT2D eigenvalue weighted by atomic mass is 10.0. The Morgan fingerprint density at radius 3 is 3.05 bits per heavy atom. The number of rotatable bonds is 5. The topological polar surface area (TPSA) is 60.5 Å². The highest BCUT2D eigenvalue weighted by atomic mass is 16.5. The first-order valence-electron chi connectivity index (χ1n) is 6.55. The number of carbonyl (C=O) groups excluding carboxylic acids is 1. The maximum absolute atomic E-state index is 11.3. The summed E-state index contributed by atoms with van der Waals surface area (Å²) in [5, 5.41) is 3.44. The molecule has 19 heavy (non-hydrogen) atoms. The summed E-state index contributed by atoms with van der Waals surface area (Å²) in [7, 11) is 1.36. The Morgan fingerprint density at radius 2 is 2.47 bits per heavy atom. The molecule has 2 atom stereocenters. The van der Waals surface area contributed by atoms with Crippen LogP contribution in [0.25, 0.3) is 0 Å². The summed E-state index contributed by atoms with van der Waals surface area (Å²) in [5.41, 5.74) is 1.39. The van der Waals surface area contributed by atoms with Crippen molar-refractivity contribution >= 4 is 5.97 Å². The summed E-state index contributed by atoms with van der Waals surface area (Å²) in [5.74, 6) is 0.220. The molecule has 1 aliphatic heterocycles. The molecule has 0 aromatic carbocycles. The monoisotopic (exact) mass is 264 g/mol. The van der Waals surface area contributed by atoms with Crippen LogP contribution in [-0.4, -0.2) is 37.3 Å². The van der Waals surface area contributed by atoms with Crippen LogP contribution in [-0.2, 0) is 16.0 Å². The van der Waals surface area contributed by atoms with Crippen LogP contribution in [0.15, 0.2) is 18.3 Å². The molecule has 0 aliphatic carbocycles. The number of hydrogen-bond acceptors (Lipinski definition) is 5. The van der Waals surface area contributed by atoms with E-state index in [0.29, 0.717) is 24.1 Å². The van der Waals surface area contributed by atoms with Gasteiger partial charge in [-0.15, -0.1) is 0 Å². The van der Waals surface area contributed by atoms with Crippen LogP contribution in [0.1, 0.15) is 29.4 Å². The summed E-state index contributed by atoms with van der Waals surface area (Å²) >= 11 is 0. The minimum atomic E-state index is -0.358. The molecule has 1 aromatic heterocycles. The molecule has 0 amide bonds. The van der Waals surface area contributed by atoms with Gasteiger partial charge in [-0.2, -0.15) is 0 Å². The smallest absolute Gasteiger partial charge is 0.339 e. The van der Waals surface area contributed by atoms with Crippen molar-refractivity contribution in [2.45, 2.75) is 25.9 Å². The summed E-state index contributed by atoms with van der Waals surface area (Å²) in [6.45, 7) is 4.56. The predicted molar refractivity (Wildman–Crippen MR) is 70.8 cm³/mol. The average molecular weight is 264 g/mol. The van der Waals surface area contributed by atoms with Gasteiger partial charge < -0.3 is 14.8 Å². The van der Waals surface area contributed by atoms with E-state index < -0.39 is 0 Å². The number of pyridine rings is 1. The van der Waals surface area contributed by atoms with E-state index in [1.807, 2.05) is 6.07 Å². The van der Waals surface area contributed by atoms with E-state index in [4.69, 9.17) is 4.74 Å². The van der Waals surface area contributed by atoms with Crippen LogP contribution in [0.3, 0.4) is 0 Å². The minimum Gasteiger partial charge on any atom is -0.465 e. The van der Waals surface area contributed by atoms with Gasteiger partial charge in [-0.25, -0.2) is 4.79 Å². The van der Waals surface area contributed by atoms with Crippen molar-refractivity contribution in [3.05, 3.63) is 29.6 Å². The Kier molecular flexibility index (Phi) is 4.87. The normalized spacial score (nSPS) is 20.2. The van der Waals surface area contributed by atoms with Crippen molar-refractivity contribution in [3.63, 3.8) is 0 Å². The van der Waals surface area contributed by atoms with E-state index in [1.165, 1.54) is 7.11 Å². The van der Waals surface area contributed by atoms with Crippen LogP contribution < -0.4 is 5.32 Å². The van der Waals surface area contributed by atoms with Gasteiger partial charge >= 0.3 is 5.97 Å². The molecule has 2 unspecified atom stereocenters. The number of carbonyl (C=O) groups is 1. The van der Waals surface area contributed by atoms with Crippen molar-refractivity contribution in [1.29, 1.82) is 0 Å². The van der Waals surface area contributed by atoms with Gasteiger partial charge in [0.1, 0.15) is 0 Å². The summed E-state index contributed by atoms with van der Waals surface area (Å²) < 4.78 is 10.0. The van der Waals surface area contributed by atoms with E-state index in [9.17, 15) is 4.79 Å². The highest BCUT2D eigenvalue weighted by Gasteiger charge is 2.21. The van der Waals surface area contributed by atoms with Gasteiger partial charge in [0.25, 0.3) is 0 Å². The first-order valence-corrected chi connectivity index (χ1v) is 6.55. The van der Waals surface area contributed by atoms with Crippen LogP contribution in [0.4, 0.5) is 0 Å². The number of nitrogens with zero attached hydrogens (tertiary/aromatic N) is 1. The first kappa shape index (κ1) is 14.0. The SMILES string of the molecule is COC(=O)c1ccc(CNC(C)C2CCOC2)nc1. The Morgan fingerprint density at radius 1 is 1.63 bits per heavy atom. The second-order valence-electron chi connectivity index (χ2n) is 4.82. The van der Waals surface area contributed by atoms with Gasteiger partial charge in [-0.1, -0.05) is 0 Å². The molecule has 1 saturated heterocycles. The fraction of sp³-hybridized carbons (Fsp3) is 0.571. The van der Waals surface area contributed by atoms with E-state index in [0.717, 1.165) is 25.3 Å². The number of nitrogens with one attached hydrogen (secondary N) is 1. The molecule has 0 bridgehead atoms. The zero-order valence-corrected chi connectivity index (χ0v) is 11.4. The van der Waals surface area contributed by atoms with E-state index in [1.54, 1.807) is 12.3 Å². The number of ether oxygens (including phenoxy) is 2. The van der Waals surface area contributed by atoms with Crippen LogP contribution >= 0.6 is 0 Å². The molecule has 104 valence electrons. The van der Waals surface area contributed by atoms with E-state index in [2.05, 4.69) is 22.0 Å². The minimum absolute atomic E-state index is 0.358. The Labute approximate surface area is 113 Å². The first-order chi connectivity index (χ1) is 9.20. The summed E-state index contributed by atoms with van der Waals surface area (Å²) in [6, 6.07) is 3.99. The zero-order chi connectivity index (χ0) is 13.7. The molecular formula is C14H20N2O3. The lowest BCUT2D eigenvalue weighted by molar-refractivity contribution is 0.0600. The van der Waals surface area contributed by atoms with Crippen LogP contribution in [0.2, 0.25) is 0 Å². The summed E-state index contributed by atoms with van der Waals surface area (Å²) in [6.07, 6.45) is 2.66. The summed E-state index contributed by atoms with van der Waals surface area (Å²) in [4.78, 5) is 15.5. The largest absolute Gasteiger partial charge is 0.465 e. The number of esters is 1. The molecule has 1 aliphatic rings. The molecule has 1 fully saturated rings. The Hall–Kier alpha value is -1.46. The lowest BCUT2D eigenvalue weighted by Crippen LogP contribution is -2.33. The molecule has 0 saturated carbocycles. The maximum Gasteiger partial charge on any atom is 0.339 e. The predicted octanol–water partition coefficient (Wildman–Crippen LogP) is 1.38. The van der Waals surface area contributed by atoms with Gasteiger partial charge in [0.2, 0.25) is 0 Å². The van der Waals surface area contributed by atoms with Crippen molar-refractivity contribution in [2.24, 2.45) is 5.92 Å². The highest BCUT2D eigenvalue weighted by molar-refractivity contribution is 5.88. The van der Waals surface area contributed by atoms with Gasteiger partial charge in [0.15, 0.2) is 0 Å². The highest BCUT2D eigenvalue weighted by Crippen LogP contribution is 2.16. The third-order valence-electron chi connectivity index (χ3n) is 3.52. The lowest BCUT2D eigenvalue weighted by Gasteiger charge is -2.18. The second-order valence-corrected chi connectivity index (χ2v) is 4.82. The standard InChI is InChI=1S/C14H20N2O3/c1-10(12-5-6-19-9-12)15-8-13-4-3-11(7-16-13)14(17)18-2/h3-4,7,10,12,15H,5-6,8-9H2,1-2H3. The third-order valence-corrected chi connectivity index (χ3v) is 3.52. The quantitative estimate of drug-likeness (QED) is 0.814. The third kappa shape index (κ3) is 3.75. The molecule has 1 aromatic rings. The van der Waals surface area contributed by atoms with Crippen molar-refractivity contribution in [1.82, 2.24) is 10.3 Å². The molecule has 2 rings (SSSR count). The zero-order valence-electron chi connectivity index (χ0n) is 11.4. The molecule has 1 N–H and O–H groups in total. The van der Waals surface area contributed by atoms with E-state index in [-0.39, 0.29) is 5.97 Å². The van der Waals surface area contributed by atoms with Gasteiger partial charge in [-0.05, 0) is 31.4 Å². The van der Waals surface area contributed by atoms with E-state index >= 15 is 0 Å². The number of aromatic nitrogens is 1. The fourth-order valence-electron chi connectivity index (χ4n) is 2.15. The van der Waals surface area contributed by atoms with Crippen molar-refractivity contribution < 1.29 is 14.3 Å². The number of methoxy groups -OCH3 is 1. The van der Waals surface area contributed by atoms with Gasteiger partial charge in [0, 0.05) is 25.4 Å². The number of hydrogen-bond donors (Lipinski definition) is 1. The fourth-order valence-corrected chi connectivity index (χ4v) is 2.15. The molecule has 5 nitrogen and oxygen atoms in total. The van der Waals surface area contributed by atoms with Crippen LogP contribution in [0.5, 0.6) is 0 Å². The average Bonchev–Trinajstić information content (AvgIpc) is 2.98. The molecule has 0 spiro atoms. The van der Waals surface area contributed by atoms with Crippen molar-refractivity contribution in [2.75, 3.05) is 20.3 Å². The Balaban J connectivity index is 1.84. The molecule has 2 heterocycles. The van der Waals surface area contributed by atoms with Crippen LogP contribution in [0, 0.1) is 5.92 Å². The maximum atomic E-state index is 11.3.